The van der Waals surface area contributed by atoms with Crippen LogP contribution in [0.1, 0.15) is 39.3 Å². The first-order chi connectivity index (χ1) is 15.6. The number of anilines is 1. The number of nitrogens with two attached hydrogens (primary N) is 1. The van der Waals surface area contributed by atoms with Crippen molar-refractivity contribution >= 4 is 40.7 Å². The molecule has 13 nitrogen and oxygen atoms in total. The number of amides is 2. The minimum atomic E-state index is -1.33. The van der Waals surface area contributed by atoms with E-state index in [0.29, 0.717) is 5.56 Å². The van der Waals surface area contributed by atoms with Crippen molar-refractivity contribution in [3.8, 4) is 0 Å². The number of benzene rings is 1. The summed E-state index contributed by atoms with van der Waals surface area (Å²) < 4.78 is 0. The number of aromatic amines is 2. The summed E-state index contributed by atoms with van der Waals surface area (Å²) in [6, 6.07) is 6.05. The van der Waals surface area contributed by atoms with E-state index in [-0.39, 0.29) is 41.2 Å². The van der Waals surface area contributed by atoms with Gasteiger partial charge >= 0.3 is 11.9 Å². The minimum Gasteiger partial charge on any atom is -0.481 e. The lowest BCUT2D eigenvalue weighted by Crippen LogP contribution is -2.41. The molecule has 0 saturated carbocycles. The zero-order chi connectivity index (χ0) is 24.1. The van der Waals surface area contributed by atoms with E-state index < -0.39 is 41.8 Å². The highest BCUT2D eigenvalue weighted by molar-refractivity contribution is 5.97. The zero-order valence-electron chi connectivity index (χ0n) is 17.0. The zero-order valence-corrected chi connectivity index (χ0v) is 17.0. The third-order valence-electron chi connectivity index (χ3n) is 4.68. The molecule has 0 saturated heterocycles. The molecule has 0 aliphatic heterocycles. The van der Waals surface area contributed by atoms with E-state index >= 15 is 0 Å². The standard InChI is InChI=1S/C20H20N6O7/c21-20-25-15-11(17(30)26-20)7-13(23-15)18(31)22-8-9-1-3-10(4-2-9)16(29)24-12(19(32)33)5-6-14(27)28/h1-4,7,12H,5-6,8H2,(H,22,31)(H,24,29)(H,27,28)(H,32,33)(H4,21,23,25,26,30)/t12-/m0/s1. The number of fused-ring (bicyclic) bond motifs is 1. The highest BCUT2D eigenvalue weighted by Crippen LogP contribution is 2.11. The van der Waals surface area contributed by atoms with Crippen LogP contribution in [0.15, 0.2) is 35.1 Å². The summed E-state index contributed by atoms with van der Waals surface area (Å²) in [4.78, 5) is 67.3. The molecule has 0 bridgehead atoms. The van der Waals surface area contributed by atoms with E-state index in [9.17, 15) is 24.0 Å². The molecule has 0 spiro atoms. The van der Waals surface area contributed by atoms with Crippen molar-refractivity contribution in [1.29, 1.82) is 0 Å². The molecule has 172 valence electrons. The molecule has 0 aliphatic carbocycles. The first kappa shape index (κ1) is 23.0. The molecular formula is C20H20N6O7. The number of carboxylic acids is 2. The first-order valence-corrected chi connectivity index (χ1v) is 9.65. The smallest absolute Gasteiger partial charge is 0.326 e. The normalized spacial score (nSPS) is 11.6. The highest BCUT2D eigenvalue weighted by Gasteiger charge is 2.21. The third kappa shape index (κ3) is 5.72. The molecule has 1 atom stereocenters. The lowest BCUT2D eigenvalue weighted by Gasteiger charge is -2.13. The number of hydrogen-bond acceptors (Lipinski definition) is 7. The minimum absolute atomic E-state index is 0.0815. The predicted octanol–water partition coefficient (Wildman–Crippen LogP) is -0.189. The quantitative estimate of drug-likeness (QED) is 0.226. The van der Waals surface area contributed by atoms with E-state index in [2.05, 4.69) is 25.6 Å². The monoisotopic (exact) mass is 456 g/mol. The van der Waals surface area contributed by atoms with Crippen molar-refractivity contribution in [3.63, 3.8) is 0 Å². The van der Waals surface area contributed by atoms with Gasteiger partial charge in [0.1, 0.15) is 17.4 Å². The van der Waals surface area contributed by atoms with Crippen LogP contribution in [0.4, 0.5) is 5.95 Å². The number of nitrogens with zero attached hydrogens (tertiary/aromatic N) is 1. The molecule has 13 heteroatoms. The van der Waals surface area contributed by atoms with Crippen molar-refractivity contribution in [2.24, 2.45) is 0 Å². The Bertz CT molecular complexity index is 1280. The summed E-state index contributed by atoms with van der Waals surface area (Å²) in [5, 5.41) is 23.0. The topological polar surface area (TPSA) is 220 Å². The van der Waals surface area contributed by atoms with Crippen LogP contribution in [0.2, 0.25) is 0 Å². The molecular weight excluding hydrogens is 436 g/mol. The van der Waals surface area contributed by atoms with Gasteiger partial charge in [-0.25, -0.2) is 4.79 Å². The van der Waals surface area contributed by atoms with Crippen LogP contribution in [0.3, 0.4) is 0 Å². The van der Waals surface area contributed by atoms with Crippen LogP contribution in [0.25, 0.3) is 11.0 Å². The summed E-state index contributed by atoms with van der Waals surface area (Å²) in [7, 11) is 0. The van der Waals surface area contributed by atoms with Gasteiger partial charge in [-0.3, -0.25) is 24.2 Å². The predicted molar refractivity (Wildman–Crippen MR) is 114 cm³/mol. The average molecular weight is 456 g/mol. The Morgan fingerprint density at radius 3 is 2.39 bits per heavy atom. The van der Waals surface area contributed by atoms with E-state index in [1.165, 1.54) is 18.2 Å². The highest BCUT2D eigenvalue weighted by atomic mass is 16.4. The second kappa shape index (κ2) is 9.64. The number of aliphatic carboxylic acids is 2. The van der Waals surface area contributed by atoms with Gasteiger partial charge in [0.25, 0.3) is 17.4 Å². The Hall–Kier alpha value is -4.68. The van der Waals surface area contributed by atoms with Crippen molar-refractivity contribution in [3.05, 3.63) is 57.5 Å². The molecule has 0 radical (unpaired) electrons. The molecule has 2 heterocycles. The van der Waals surface area contributed by atoms with Crippen molar-refractivity contribution < 1.29 is 29.4 Å². The number of nitrogen functional groups attached to an aromatic ring is 1. The molecule has 8 N–H and O–H groups in total. The number of H-pyrrole nitrogens is 2. The van der Waals surface area contributed by atoms with Gasteiger partial charge in [-0.05, 0) is 30.2 Å². The van der Waals surface area contributed by atoms with Crippen LogP contribution >= 0.6 is 0 Å². The van der Waals surface area contributed by atoms with Crippen molar-refractivity contribution in [2.75, 3.05) is 5.73 Å². The summed E-state index contributed by atoms with van der Waals surface area (Å²) in [5.74, 6) is -3.74. The first-order valence-electron chi connectivity index (χ1n) is 9.65. The number of nitrogens with one attached hydrogen (secondary N) is 4. The molecule has 3 aromatic rings. The van der Waals surface area contributed by atoms with Gasteiger partial charge in [0.15, 0.2) is 0 Å². The molecule has 0 unspecified atom stereocenters. The Morgan fingerprint density at radius 1 is 1.06 bits per heavy atom. The molecule has 2 aromatic heterocycles. The summed E-state index contributed by atoms with van der Waals surface area (Å²) in [5.41, 5.74) is 6.12. The summed E-state index contributed by atoms with van der Waals surface area (Å²) in [6.07, 6.45) is -0.646. The fraction of sp³-hybridized carbons (Fsp3) is 0.200. The number of hydrogen-bond donors (Lipinski definition) is 7. The Kier molecular flexibility index (Phi) is 6.71. The van der Waals surface area contributed by atoms with E-state index in [0.717, 1.165) is 0 Å². The summed E-state index contributed by atoms with van der Waals surface area (Å²) in [6.45, 7) is 0.110. The lowest BCUT2D eigenvalue weighted by molar-refractivity contribution is -0.140. The Morgan fingerprint density at radius 2 is 1.76 bits per heavy atom. The second-order valence-electron chi connectivity index (χ2n) is 7.07. The van der Waals surface area contributed by atoms with Crippen LogP contribution in [0, 0.1) is 0 Å². The molecule has 33 heavy (non-hydrogen) atoms. The lowest BCUT2D eigenvalue weighted by atomic mass is 10.1. The molecule has 0 aliphatic rings. The fourth-order valence-corrected chi connectivity index (χ4v) is 2.98. The van der Waals surface area contributed by atoms with Gasteiger partial charge in [0, 0.05) is 18.5 Å². The number of carbonyl (C=O) groups excluding carboxylic acids is 2. The van der Waals surface area contributed by atoms with Crippen molar-refractivity contribution in [1.82, 2.24) is 25.6 Å². The second-order valence-corrected chi connectivity index (χ2v) is 7.07. The van der Waals surface area contributed by atoms with Crippen LogP contribution in [0.5, 0.6) is 0 Å². The number of carbonyl (C=O) groups is 4. The van der Waals surface area contributed by atoms with E-state index in [4.69, 9.17) is 15.9 Å². The van der Waals surface area contributed by atoms with Gasteiger partial charge in [-0.1, -0.05) is 12.1 Å². The van der Waals surface area contributed by atoms with Gasteiger partial charge in [0.05, 0.1) is 5.39 Å². The molecule has 2 amide bonds. The van der Waals surface area contributed by atoms with Crippen molar-refractivity contribution in [2.45, 2.75) is 25.4 Å². The molecule has 3 rings (SSSR count). The number of aromatic nitrogens is 3. The maximum Gasteiger partial charge on any atom is 0.326 e. The van der Waals surface area contributed by atoms with Gasteiger partial charge in [-0.15, -0.1) is 0 Å². The Labute approximate surface area is 185 Å². The van der Waals surface area contributed by atoms with E-state index in [1.807, 2.05) is 0 Å². The fourth-order valence-electron chi connectivity index (χ4n) is 2.98. The molecule has 0 fully saturated rings. The number of carboxylic acid groups (broad SMARTS) is 2. The maximum absolute atomic E-state index is 12.4. The Balaban J connectivity index is 1.60. The van der Waals surface area contributed by atoms with E-state index in [1.54, 1.807) is 12.1 Å². The van der Waals surface area contributed by atoms with Gasteiger partial charge < -0.3 is 31.6 Å². The van der Waals surface area contributed by atoms with Gasteiger partial charge in [-0.2, -0.15) is 4.98 Å². The summed E-state index contributed by atoms with van der Waals surface area (Å²) >= 11 is 0. The SMILES string of the molecule is Nc1nc2[nH]c(C(=O)NCc3ccc(C(=O)N[C@@H](CCC(=O)O)C(=O)O)cc3)cc2c(=O)[nH]1. The van der Waals surface area contributed by atoms with Crippen LogP contribution in [-0.4, -0.2) is 55.0 Å². The average Bonchev–Trinajstić information content (AvgIpc) is 3.19. The molecule has 1 aromatic carbocycles. The van der Waals surface area contributed by atoms with Crippen LogP contribution < -0.4 is 21.9 Å². The largest absolute Gasteiger partial charge is 0.481 e. The number of rotatable bonds is 9. The van der Waals surface area contributed by atoms with Gasteiger partial charge in [0.2, 0.25) is 5.95 Å². The van der Waals surface area contributed by atoms with Crippen LogP contribution in [-0.2, 0) is 16.1 Å². The maximum atomic E-state index is 12.4. The third-order valence-corrected chi connectivity index (χ3v) is 4.68.